The summed E-state index contributed by atoms with van der Waals surface area (Å²) < 4.78 is 26.6. The lowest BCUT2D eigenvalue weighted by molar-refractivity contribution is 0.118. The predicted octanol–water partition coefficient (Wildman–Crippen LogP) is 2.55. The van der Waals surface area contributed by atoms with Crippen LogP contribution < -0.4 is 0 Å². The largest absolute Gasteiger partial charge is 0.377 e. The van der Waals surface area contributed by atoms with Gasteiger partial charge in [0.15, 0.2) is 0 Å². The van der Waals surface area contributed by atoms with Gasteiger partial charge in [0.05, 0.1) is 12.4 Å². The zero-order chi connectivity index (χ0) is 11.9. The standard InChI is InChI=1S/C11H15ClO3S/c12-16(13,14)9-5-4-8-15-10-11-6-2-1-3-7-11/h1-3,6-7H,4-5,8-10H2. The summed E-state index contributed by atoms with van der Waals surface area (Å²) in [6.45, 7) is 1.12. The van der Waals surface area contributed by atoms with Crippen LogP contribution in [0.15, 0.2) is 30.3 Å². The van der Waals surface area contributed by atoms with Crippen molar-refractivity contribution in [2.45, 2.75) is 19.4 Å². The first-order valence-corrected chi connectivity index (χ1v) is 7.60. The molecule has 0 fully saturated rings. The van der Waals surface area contributed by atoms with Gasteiger partial charge < -0.3 is 4.74 Å². The molecule has 5 heteroatoms. The van der Waals surface area contributed by atoms with Crippen molar-refractivity contribution in [3.8, 4) is 0 Å². The lowest BCUT2D eigenvalue weighted by Crippen LogP contribution is -2.00. The Labute approximate surface area is 101 Å². The summed E-state index contributed by atoms with van der Waals surface area (Å²) in [5, 5.41) is 0. The second kappa shape index (κ2) is 6.89. The fourth-order valence-corrected chi connectivity index (χ4v) is 2.12. The predicted molar refractivity (Wildman–Crippen MR) is 65.0 cm³/mol. The summed E-state index contributed by atoms with van der Waals surface area (Å²) in [6, 6.07) is 9.85. The van der Waals surface area contributed by atoms with Crippen molar-refractivity contribution in [1.29, 1.82) is 0 Å². The van der Waals surface area contributed by atoms with Crippen molar-refractivity contribution >= 4 is 19.7 Å². The average Bonchev–Trinajstić information content (AvgIpc) is 2.23. The summed E-state index contributed by atoms with van der Waals surface area (Å²) in [7, 11) is 1.73. The first-order chi connectivity index (χ1) is 7.58. The topological polar surface area (TPSA) is 43.4 Å². The number of hydrogen-bond acceptors (Lipinski definition) is 3. The van der Waals surface area contributed by atoms with Crippen LogP contribution in [0.4, 0.5) is 0 Å². The van der Waals surface area contributed by atoms with E-state index in [1.54, 1.807) is 0 Å². The number of hydrogen-bond donors (Lipinski definition) is 0. The summed E-state index contributed by atoms with van der Waals surface area (Å²) in [6.07, 6.45) is 1.25. The molecule has 16 heavy (non-hydrogen) atoms. The third-order valence-electron chi connectivity index (χ3n) is 2.04. The molecule has 0 heterocycles. The first kappa shape index (κ1) is 13.5. The third-order valence-corrected chi connectivity index (χ3v) is 3.28. The lowest BCUT2D eigenvalue weighted by atomic mass is 10.2. The molecule has 0 amide bonds. The number of unbranched alkanes of at least 4 members (excludes halogenated alkanes) is 1. The van der Waals surface area contributed by atoms with Crippen LogP contribution in [0.5, 0.6) is 0 Å². The molecule has 0 atom stereocenters. The maximum absolute atomic E-state index is 10.6. The Bertz CT molecular complexity index is 389. The summed E-state index contributed by atoms with van der Waals surface area (Å²) >= 11 is 0. The summed E-state index contributed by atoms with van der Waals surface area (Å²) in [5.41, 5.74) is 1.12. The van der Waals surface area contributed by atoms with Gasteiger partial charge in [-0.25, -0.2) is 8.42 Å². The van der Waals surface area contributed by atoms with E-state index in [1.807, 2.05) is 30.3 Å². The molecular formula is C11H15ClO3S. The van der Waals surface area contributed by atoms with E-state index in [1.165, 1.54) is 0 Å². The van der Waals surface area contributed by atoms with Crippen LogP contribution in [0.25, 0.3) is 0 Å². The average molecular weight is 263 g/mol. The molecule has 90 valence electrons. The Morgan fingerprint density at radius 1 is 1.12 bits per heavy atom. The molecule has 0 saturated carbocycles. The van der Waals surface area contributed by atoms with E-state index in [2.05, 4.69) is 0 Å². The smallest absolute Gasteiger partial charge is 0.232 e. The maximum atomic E-state index is 10.6. The van der Waals surface area contributed by atoms with Crippen molar-refractivity contribution in [3.05, 3.63) is 35.9 Å². The van der Waals surface area contributed by atoms with Gasteiger partial charge in [-0.3, -0.25) is 0 Å². The van der Waals surface area contributed by atoms with Gasteiger partial charge in [0, 0.05) is 17.3 Å². The van der Waals surface area contributed by atoms with Gasteiger partial charge >= 0.3 is 0 Å². The number of halogens is 1. The van der Waals surface area contributed by atoms with E-state index < -0.39 is 9.05 Å². The monoisotopic (exact) mass is 262 g/mol. The van der Waals surface area contributed by atoms with Crippen LogP contribution in [0.3, 0.4) is 0 Å². The minimum absolute atomic E-state index is 0.0171. The molecule has 0 bridgehead atoms. The van der Waals surface area contributed by atoms with Crippen molar-refractivity contribution in [2.75, 3.05) is 12.4 Å². The fourth-order valence-electron chi connectivity index (χ4n) is 1.24. The van der Waals surface area contributed by atoms with E-state index in [-0.39, 0.29) is 5.75 Å². The molecule has 0 radical (unpaired) electrons. The quantitative estimate of drug-likeness (QED) is 0.560. The molecule has 1 aromatic carbocycles. The minimum Gasteiger partial charge on any atom is -0.377 e. The van der Waals surface area contributed by atoms with Gasteiger partial charge in [-0.05, 0) is 18.4 Å². The third kappa shape index (κ3) is 6.82. The maximum Gasteiger partial charge on any atom is 0.232 e. The van der Waals surface area contributed by atoms with Crippen LogP contribution in [0, 0.1) is 0 Å². The van der Waals surface area contributed by atoms with Crippen LogP contribution in [0.1, 0.15) is 18.4 Å². The molecule has 0 unspecified atom stereocenters. The molecule has 0 aliphatic rings. The van der Waals surface area contributed by atoms with Crippen molar-refractivity contribution < 1.29 is 13.2 Å². The number of benzene rings is 1. The van der Waals surface area contributed by atoms with Gasteiger partial charge in [-0.2, -0.15) is 0 Å². The lowest BCUT2D eigenvalue weighted by Gasteiger charge is -2.03. The Hall–Kier alpha value is -0.580. The second-order valence-corrected chi connectivity index (χ2v) is 6.38. The van der Waals surface area contributed by atoms with Crippen LogP contribution in [-0.4, -0.2) is 20.8 Å². The van der Waals surface area contributed by atoms with Crippen LogP contribution in [0.2, 0.25) is 0 Å². The Balaban J connectivity index is 2.05. The minimum atomic E-state index is -3.35. The molecular weight excluding hydrogens is 248 g/mol. The molecule has 1 rings (SSSR count). The molecule has 3 nitrogen and oxygen atoms in total. The molecule has 0 spiro atoms. The van der Waals surface area contributed by atoms with Gasteiger partial charge in [-0.15, -0.1) is 0 Å². The zero-order valence-corrected chi connectivity index (χ0v) is 10.5. The molecule has 0 aliphatic carbocycles. The highest BCUT2D eigenvalue weighted by Crippen LogP contribution is 2.04. The molecule has 0 saturated heterocycles. The molecule has 0 aliphatic heterocycles. The highest BCUT2D eigenvalue weighted by atomic mass is 35.7. The van der Waals surface area contributed by atoms with E-state index >= 15 is 0 Å². The Morgan fingerprint density at radius 3 is 2.44 bits per heavy atom. The van der Waals surface area contributed by atoms with Crippen molar-refractivity contribution in [2.24, 2.45) is 0 Å². The van der Waals surface area contributed by atoms with Gasteiger partial charge in [-0.1, -0.05) is 30.3 Å². The van der Waals surface area contributed by atoms with E-state index in [0.29, 0.717) is 26.1 Å². The Kier molecular flexibility index (Phi) is 5.80. The Morgan fingerprint density at radius 2 is 1.81 bits per heavy atom. The zero-order valence-electron chi connectivity index (χ0n) is 8.93. The number of ether oxygens (including phenoxy) is 1. The van der Waals surface area contributed by atoms with Crippen molar-refractivity contribution in [1.82, 2.24) is 0 Å². The molecule has 0 N–H and O–H groups in total. The highest BCUT2D eigenvalue weighted by Gasteiger charge is 2.03. The van der Waals surface area contributed by atoms with Crippen LogP contribution in [-0.2, 0) is 20.4 Å². The van der Waals surface area contributed by atoms with Crippen LogP contribution >= 0.6 is 10.7 Å². The van der Waals surface area contributed by atoms with Crippen molar-refractivity contribution in [3.63, 3.8) is 0 Å². The van der Waals surface area contributed by atoms with Gasteiger partial charge in [0.25, 0.3) is 0 Å². The van der Waals surface area contributed by atoms with Gasteiger partial charge in [0.2, 0.25) is 9.05 Å². The van der Waals surface area contributed by atoms with E-state index in [0.717, 1.165) is 5.56 Å². The normalized spacial score (nSPS) is 11.6. The fraction of sp³-hybridized carbons (Fsp3) is 0.455. The summed E-state index contributed by atoms with van der Waals surface area (Å²) in [5.74, 6) is 0.0171. The second-order valence-electron chi connectivity index (χ2n) is 3.49. The highest BCUT2D eigenvalue weighted by molar-refractivity contribution is 8.13. The molecule has 0 aromatic heterocycles. The van der Waals surface area contributed by atoms with E-state index in [9.17, 15) is 8.42 Å². The number of rotatable bonds is 7. The SMILES string of the molecule is O=S(=O)(Cl)CCCCOCc1ccccc1. The van der Waals surface area contributed by atoms with Gasteiger partial charge in [0.1, 0.15) is 0 Å². The summed E-state index contributed by atoms with van der Waals surface area (Å²) in [4.78, 5) is 0. The van der Waals surface area contributed by atoms with E-state index in [4.69, 9.17) is 15.4 Å². The first-order valence-electron chi connectivity index (χ1n) is 5.12. The molecule has 1 aromatic rings.